The number of benzene rings is 1. The molecule has 142 valence electrons. The highest BCUT2D eigenvalue weighted by molar-refractivity contribution is 5.61. The van der Waals surface area contributed by atoms with Crippen molar-refractivity contribution in [1.29, 1.82) is 15.8 Å². The van der Waals surface area contributed by atoms with Crippen LogP contribution in [0.25, 0.3) is 0 Å². The third-order valence-electron chi connectivity index (χ3n) is 5.62. The van der Waals surface area contributed by atoms with Crippen molar-refractivity contribution in [2.24, 2.45) is 17.1 Å². The zero-order chi connectivity index (χ0) is 20.5. The molecule has 1 aromatic rings. The largest absolute Gasteiger partial charge is 0.497 e. The number of rotatable bonds is 3. The summed E-state index contributed by atoms with van der Waals surface area (Å²) in [4.78, 5) is 2.09. The van der Waals surface area contributed by atoms with E-state index in [0.29, 0.717) is 30.2 Å². The first-order valence-corrected chi connectivity index (χ1v) is 8.81. The van der Waals surface area contributed by atoms with Gasteiger partial charge in [-0.15, -0.1) is 0 Å². The summed E-state index contributed by atoms with van der Waals surface area (Å²) in [6, 6.07) is 11.7. The molecule has 1 aliphatic heterocycles. The monoisotopic (exact) mass is 375 g/mol. The number of hydrogen-bond donors (Lipinski definition) is 1. The normalized spacial score (nSPS) is 23.5. The van der Waals surface area contributed by atoms with Gasteiger partial charge >= 0.3 is 0 Å². The van der Waals surface area contributed by atoms with Gasteiger partial charge in [-0.05, 0) is 30.8 Å². The summed E-state index contributed by atoms with van der Waals surface area (Å²) >= 11 is 0. The maximum Gasteiger partial charge on any atom is 0.191 e. The van der Waals surface area contributed by atoms with E-state index in [-0.39, 0.29) is 17.2 Å². The molecule has 28 heavy (non-hydrogen) atoms. The summed E-state index contributed by atoms with van der Waals surface area (Å²) in [5, 5.41) is 29.9. The Morgan fingerprint density at radius 2 is 1.89 bits per heavy atom. The lowest BCUT2D eigenvalue weighted by atomic mass is 9.58. The minimum atomic E-state index is -1.69. The Hall–Kier alpha value is -3.47. The van der Waals surface area contributed by atoms with Gasteiger partial charge in [0.2, 0.25) is 0 Å². The highest BCUT2D eigenvalue weighted by Crippen LogP contribution is 2.56. The molecule has 0 fully saturated rings. The van der Waals surface area contributed by atoms with Gasteiger partial charge in [0.25, 0.3) is 0 Å². The van der Waals surface area contributed by atoms with E-state index in [1.807, 2.05) is 13.1 Å². The van der Waals surface area contributed by atoms with Crippen LogP contribution < -0.4 is 15.2 Å². The SMILES string of the molecule is COc1ccc(OC)c(C2C3CN(C)CC=C3C(C#N)=C(N)C2(C#N)C#N)c1. The zero-order valence-electron chi connectivity index (χ0n) is 16.1. The van der Waals surface area contributed by atoms with Crippen molar-refractivity contribution in [2.45, 2.75) is 5.92 Å². The topological polar surface area (TPSA) is 119 Å². The van der Waals surface area contributed by atoms with Crippen molar-refractivity contribution in [3.63, 3.8) is 0 Å². The van der Waals surface area contributed by atoms with Crippen LogP contribution in [0.3, 0.4) is 0 Å². The molecule has 1 heterocycles. The second-order valence-corrected chi connectivity index (χ2v) is 7.00. The lowest BCUT2D eigenvalue weighted by Crippen LogP contribution is -2.47. The highest BCUT2D eigenvalue weighted by Gasteiger charge is 2.55. The fourth-order valence-electron chi connectivity index (χ4n) is 4.25. The van der Waals surface area contributed by atoms with Crippen molar-refractivity contribution in [3.05, 3.63) is 46.7 Å². The third kappa shape index (κ3) is 2.67. The van der Waals surface area contributed by atoms with Gasteiger partial charge in [-0.1, -0.05) is 6.08 Å². The van der Waals surface area contributed by atoms with Crippen LogP contribution in [0.4, 0.5) is 0 Å². The van der Waals surface area contributed by atoms with E-state index in [1.165, 1.54) is 7.11 Å². The molecule has 1 aliphatic carbocycles. The summed E-state index contributed by atoms with van der Waals surface area (Å²) < 4.78 is 10.9. The Kier molecular flexibility index (Phi) is 5.01. The molecule has 0 aromatic heterocycles. The Balaban J connectivity index is 2.38. The predicted octanol–water partition coefficient (Wildman–Crippen LogP) is 2.06. The first-order chi connectivity index (χ1) is 13.5. The minimum absolute atomic E-state index is 0.00178. The van der Waals surface area contributed by atoms with Crippen LogP contribution in [0.15, 0.2) is 41.1 Å². The van der Waals surface area contributed by atoms with Crippen molar-refractivity contribution in [3.8, 4) is 29.7 Å². The van der Waals surface area contributed by atoms with E-state index >= 15 is 0 Å². The van der Waals surface area contributed by atoms with Crippen molar-refractivity contribution in [2.75, 3.05) is 34.4 Å². The van der Waals surface area contributed by atoms with E-state index in [9.17, 15) is 15.8 Å². The van der Waals surface area contributed by atoms with Gasteiger partial charge in [-0.3, -0.25) is 0 Å². The highest BCUT2D eigenvalue weighted by atomic mass is 16.5. The number of nitrogens with two attached hydrogens (primary N) is 1. The molecule has 7 heteroatoms. The van der Waals surface area contributed by atoms with Gasteiger partial charge in [-0.2, -0.15) is 15.8 Å². The average molecular weight is 375 g/mol. The number of hydrogen-bond acceptors (Lipinski definition) is 7. The fourth-order valence-corrected chi connectivity index (χ4v) is 4.25. The molecule has 7 nitrogen and oxygen atoms in total. The first kappa shape index (κ1) is 19.3. The predicted molar refractivity (Wildman–Crippen MR) is 102 cm³/mol. The zero-order valence-corrected chi connectivity index (χ0v) is 16.1. The maximum atomic E-state index is 10.1. The summed E-state index contributed by atoms with van der Waals surface area (Å²) in [6.45, 7) is 1.25. The Morgan fingerprint density at radius 1 is 1.18 bits per heavy atom. The van der Waals surface area contributed by atoms with Crippen LogP contribution in [0.5, 0.6) is 11.5 Å². The number of methoxy groups -OCH3 is 2. The molecule has 2 aliphatic rings. The number of fused-ring (bicyclic) bond motifs is 1. The molecular formula is C21H21N5O2. The van der Waals surface area contributed by atoms with Crippen LogP contribution in [-0.4, -0.2) is 39.3 Å². The number of nitriles is 3. The molecule has 0 bridgehead atoms. The quantitative estimate of drug-likeness (QED) is 0.858. The number of nitrogens with zero attached hydrogens (tertiary/aromatic N) is 4. The van der Waals surface area contributed by atoms with Gasteiger partial charge in [0, 0.05) is 30.5 Å². The van der Waals surface area contributed by atoms with Crippen LogP contribution in [0.2, 0.25) is 0 Å². The lowest BCUT2D eigenvalue weighted by Gasteiger charge is -2.45. The molecule has 0 saturated carbocycles. The summed E-state index contributed by atoms with van der Waals surface area (Å²) in [5.41, 5.74) is 6.30. The fraction of sp³-hybridized carbons (Fsp3) is 0.381. The minimum Gasteiger partial charge on any atom is -0.497 e. The van der Waals surface area contributed by atoms with Crippen molar-refractivity contribution < 1.29 is 9.47 Å². The molecule has 0 saturated heterocycles. The Labute approximate surface area is 164 Å². The van der Waals surface area contributed by atoms with E-state index in [1.54, 1.807) is 25.3 Å². The Bertz CT molecular complexity index is 976. The van der Waals surface area contributed by atoms with Crippen LogP contribution in [0, 0.1) is 45.3 Å². The van der Waals surface area contributed by atoms with Gasteiger partial charge < -0.3 is 20.1 Å². The van der Waals surface area contributed by atoms with E-state index < -0.39 is 11.3 Å². The summed E-state index contributed by atoms with van der Waals surface area (Å²) in [6.07, 6.45) is 1.96. The number of ether oxygens (including phenoxy) is 2. The molecule has 2 atom stereocenters. The van der Waals surface area contributed by atoms with E-state index in [2.05, 4.69) is 23.1 Å². The average Bonchev–Trinajstić information content (AvgIpc) is 2.72. The standard InChI is InChI=1S/C21H21N5O2/c1-26-7-6-14-16(9-22)20(25)21(11-23,12-24)19(17(14)10-26)15-8-13(27-2)4-5-18(15)28-3/h4-6,8,17,19H,7,10,25H2,1-3H3. The van der Waals surface area contributed by atoms with Gasteiger partial charge in [-0.25, -0.2) is 0 Å². The third-order valence-corrected chi connectivity index (χ3v) is 5.62. The number of likely N-dealkylation sites (N-methyl/N-ethyl adjacent to an activating group) is 1. The molecular weight excluding hydrogens is 354 g/mol. The van der Waals surface area contributed by atoms with Crippen molar-refractivity contribution >= 4 is 0 Å². The Morgan fingerprint density at radius 3 is 2.46 bits per heavy atom. The van der Waals surface area contributed by atoms with Gasteiger partial charge in [0.05, 0.1) is 37.6 Å². The maximum absolute atomic E-state index is 10.1. The molecule has 2 unspecified atom stereocenters. The molecule has 3 rings (SSSR count). The molecule has 1 aromatic carbocycles. The van der Waals surface area contributed by atoms with Gasteiger partial charge in [0.1, 0.15) is 17.6 Å². The first-order valence-electron chi connectivity index (χ1n) is 8.81. The summed E-state index contributed by atoms with van der Waals surface area (Å²) in [5.74, 6) is 0.255. The molecule has 0 radical (unpaired) electrons. The molecule has 2 N–H and O–H groups in total. The smallest absolute Gasteiger partial charge is 0.191 e. The van der Waals surface area contributed by atoms with Crippen LogP contribution in [0.1, 0.15) is 11.5 Å². The van der Waals surface area contributed by atoms with Crippen LogP contribution >= 0.6 is 0 Å². The lowest BCUT2D eigenvalue weighted by molar-refractivity contribution is 0.234. The summed E-state index contributed by atoms with van der Waals surface area (Å²) in [7, 11) is 5.05. The van der Waals surface area contributed by atoms with Crippen LogP contribution in [-0.2, 0) is 0 Å². The second-order valence-electron chi connectivity index (χ2n) is 7.00. The second kappa shape index (κ2) is 7.27. The van der Waals surface area contributed by atoms with Gasteiger partial charge in [0.15, 0.2) is 5.41 Å². The van der Waals surface area contributed by atoms with E-state index in [0.717, 1.165) is 5.57 Å². The molecule has 0 amide bonds. The molecule has 0 spiro atoms. The van der Waals surface area contributed by atoms with Crippen molar-refractivity contribution in [1.82, 2.24) is 4.90 Å². The van der Waals surface area contributed by atoms with E-state index in [4.69, 9.17) is 15.2 Å². The number of allylic oxidation sites excluding steroid dienone is 2.